The first-order valence-electron chi connectivity index (χ1n) is 16.3. The third kappa shape index (κ3) is 6.54. The number of aromatic nitrogens is 4. The van der Waals surface area contributed by atoms with E-state index in [0.717, 1.165) is 10.6 Å². The largest absolute Gasteiger partial charge is 0.489 e. The molecule has 1 amide bonds. The highest BCUT2D eigenvalue weighted by Gasteiger charge is 2.37. The Balaban J connectivity index is 1.96. The number of rotatable bonds is 8. The number of ether oxygens (including phenoxy) is 1. The van der Waals surface area contributed by atoms with Gasteiger partial charge in [0.05, 0.1) is 23.1 Å². The van der Waals surface area contributed by atoms with Crippen molar-refractivity contribution in [2.75, 3.05) is 31.1 Å². The Kier molecular flexibility index (Phi) is 8.08. The molecule has 0 aromatic carbocycles. The van der Waals surface area contributed by atoms with E-state index >= 15 is 4.39 Å². The van der Waals surface area contributed by atoms with Gasteiger partial charge < -0.3 is 24.1 Å². The van der Waals surface area contributed by atoms with Crippen molar-refractivity contribution in [3.05, 3.63) is 45.5 Å². The molecule has 0 bridgehead atoms. The van der Waals surface area contributed by atoms with Crippen molar-refractivity contribution in [2.24, 2.45) is 0 Å². The van der Waals surface area contributed by atoms with Gasteiger partial charge in [-0.1, -0.05) is 46.2 Å². The predicted octanol–water partition coefficient (Wildman–Crippen LogP) is 6.07. The monoisotopic (exact) mass is 652 g/mol. The molecule has 3 aromatic heterocycles. The summed E-state index contributed by atoms with van der Waals surface area (Å²) in [5, 5.41) is 8.72. The van der Waals surface area contributed by atoms with Crippen molar-refractivity contribution in [2.45, 2.75) is 84.6 Å². The fourth-order valence-electron chi connectivity index (χ4n) is 4.75. The SMILES string of the molecule is [2H]C([2H])(Oc1ccnc(C(C)C)c1-n1c(=O)nc(N2C[C@@H](C)N(C(=O)O)C[C@@H]2C)c2cc(F)c(Cl)nc21)C([2H])([2H])O[Si](C)(C)C(C)(C)C. The lowest BCUT2D eigenvalue weighted by atomic mass is 10.1. The van der Waals surface area contributed by atoms with Crippen LogP contribution in [-0.4, -0.2) is 82.2 Å². The first-order chi connectivity index (χ1) is 21.9. The van der Waals surface area contributed by atoms with Gasteiger partial charge in [-0.15, -0.1) is 0 Å². The average molecular weight is 653 g/mol. The van der Waals surface area contributed by atoms with Gasteiger partial charge in [0.25, 0.3) is 0 Å². The minimum atomic E-state index is -3.08. The highest BCUT2D eigenvalue weighted by Crippen LogP contribution is 2.37. The van der Waals surface area contributed by atoms with Gasteiger partial charge in [-0.2, -0.15) is 4.98 Å². The molecule has 1 saturated heterocycles. The van der Waals surface area contributed by atoms with Gasteiger partial charge in [0.15, 0.2) is 24.9 Å². The van der Waals surface area contributed by atoms with Crippen LogP contribution in [0.4, 0.5) is 15.0 Å². The molecule has 4 heterocycles. The van der Waals surface area contributed by atoms with Crippen molar-refractivity contribution in [3.8, 4) is 11.4 Å². The molecule has 1 N–H and O–H groups in total. The van der Waals surface area contributed by atoms with Gasteiger partial charge >= 0.3 is 11.8 Å². The molecule has 1 aliphatic heterocycles. The van der Waals surface area contributed by atoms with Crippen LogP contribution in [0, 0.1) is 5.82 Å². The lowest BCUT2D eigenvalue weighted by molar-refractivity contribution is 0.114. The number of fused-ring (bicyclic) bond motifs is 1. The number of nitrogens with zero attached hydrogens (tertiary/aromatic N) is 6. The Morgan fingerprint density at radius 1 is 1.23 bits per heavy atom. The van der Waals surface area contributed by atoms with Crippen molar-refractivity contribution >= 4 is 42.9 Å². The maximum Gasteiger partial charge on any atom is 0.407 e. The molecule has 0 radical (unpaired) electrons. The molecule has 4 rings (SSSR count). The van der Waals surface area contributed by atoms with Gasteiger partial charge in [-0.05, 0) is 44.0 Å². The van der Waals surface area contributed by atoms with Crippen LogP contribution in [0.3, 0.4) is 0 Å². The van der Waals surface area contributed by atoms with Gasteiger partial charge in [0.2, 0.25) is 0 Å². The molecule has 0 spiro atoms. The quantitative estimate of drug-likeness (QED) is 0.228. The van der Waals surface area contributed by atoms with E-state index in [2.05, 4.69) is 15.0 Å². The predicted molar refractivity (Wildman–Crippen MR) is 172 cm³/mol. The topological polar surface area (TPSA) is 123 Å². The zero-order chi connectivity index (χ0) is 36.3. The summed E-state index contributed by atoms with van der Waals surface area (Å²) in [5.41, 5.74) is -0.876. The second-order valence-corrected chi connectivity index (χ2v) is 17.9. The van der Waals surface area contributed by atoms with Crippen LogP contribution in [0.25, 0.3) is 16.7 Å². The second kappa shape index (κ2) is 12.6. The van der Waals surface area contributed by atoms with Crippen LogP contribution in [-0.2, 0) is 4.43 Å². The van der Waals surface area contributed by atoms with E-state index in [9.17, 15) is 14.7 Å². The molecule has 1 fully saturated rings. The van der Waals surface area contributed by atoms with Crippen molar-refractivity contribution in [1.29, 1.82) is 0 Å². The van der Waals surface area contributed by atoms with Gasteiger partial charge in [-0.3, -0.25) is 4.98 Å². The molecule has 0 saturated carbocycles. The van der Waals surface area contributed by atoms with Crippen LogP contribution in [0.15, 0.2) is 23.1 Å². The molecule has 44 heavy (non-hydrogen) atoms. The summed E-state index contributed by atoms with van der Waals surface area (Å²) in [7, 11) is -2.85. The number of carboxylic acid groups (broad SMARTS) is 1. The van der Waals surface area contributed by atoms with E-state index in [1.807, 2.05) is 20.8 Å². The van der Waals surface area contributed by atoms with Crippen LogP contribution < -0.4 is 15.3 Å². The Morgan fingerprint density at radius 2 is 1.91 bits per heavy atom. The number of amides is 1. The fraction of sp³-hybridized carbons (Fsp3) is 0.567. The molecule has 0 aliphatic carbocycles. The number of halogens is 2. The van der Waals surface area contributed by atoms with Crippen LogP contribution in [0.5, 0.6) is 5.75 Å². The minimum Gasteiger partial charge on any atom is -0.489 e. The van der Waals surface area contributed by atoms with E-state index in [-0.39, 0.29) is 53.0 Å². The van der Waals surface area contributed by atoms with Crippen LogP contribution in [0.1, 0.15) is 65.6 Å². The van der Waals surface area contributed by atoms with Crippen LogP contribution >= 0.6 is 11.6 Å². The molecular formula is C30H42ClFN6O5Si. The van der Waals surface area contributed by atoms with E-state index in [0.29, 0.717) is 0 Å². The lowest BCUT2D eigenvalue weighted by Crippen LogP contribution is -2.58. The second-order valence-electron chi connectivity index (χ2n) is 12.8. The summed E-state index contributed by atoms with van der Waals surface area (Å²) < 4.78 is 62.5. The molecule has 0 unspecified atom stereocenters. The highest BCUT2D eigenvalue weighted by atomic mass is 35.5. The highest BCUT2D eigenvalue weighted by molar-refractivity contribution is 6.74. The third-order valence-electron chi connectivity index (χ3n) is 8.26. The smallest absolute Gasteiger partial charge is 0.407 e. The standard InChI is InChI=1S/C30H42ClFN6O5Si/c1-17(2)23-24(22(10-11-33-23)42-12-13-43-44(8,9)30(5,6)7)38-27-20(14-21(32)25(31)34-27)26(35-28(38)39)36-15-19(4)37(29(40)41)16-18(36)3/h10-11,14,17-19H,12-13,15-16H2,1-9H3,(H,40,41)/t18-,19+/m0/s1/i12D2,13D2. The number of pyridine rings is 2. The maximum atomic E-state index is 15.1. The molecule has 11 nitrogen and oxygen atoms in total. The molecule has 14 heteroatoms. The van der Waals surface area contributed by atoms with E-state index in [1.54, 1.807) is 45.7 Å². The zero-order valence-electron chi connectivity index (χ0n) is 30.4. The molecule has 1 aliphatic rings. The third-order valence-corrected chi connectivity index (χ3v) is 12.8. The van der Waals surface area contributed by atoms with Crippen molar-refractivity contribution < 1.29 is 28.9 Å². The van der Waals surface area contributed by atoms with Gasteiger partial charge in [-0.25, -0.2) is 23.5 Å². The summed E-state index contributed by atoms with van der Waals surface area (Å²) in [6, 6.07) is 1.43. The lowest BCUT2D eigenvalue weighted by Gasteiger charge is -2.43. The maximum absolute atomic E-state index is 15.1. The van der Waals surface area contributed by atoms with E-state index < -0.39 is 61.3 Å². The van der Waals surface area contributed by atoms with E-state index in [1.165, 1.54) is 17.2 Å². The fourth-order valence-corrected chi connectivity index (χ4v) is 5.49. The van der Waals surface area contributed by atoms with Crippen molar-refractivity contribution in [3.63, 3.8) is 0 Å². The Labute approximate surface area is 268 Å². The number of carbonyl (C=O) groups is 1. The first-order valence-corrected chi connectivity index (χ1v) is 17.6. The summed E-state index contributed by atoms with van der Waals surface area (Å²) in [6.07, 6.45) is 0.250. The Morgan fingerprint density at radius 3 is 2.52 bits per heavy atom. The zero-order valence-corrected chi connectivity index (χ0v) is 28.2. The molecule has 2 atom stereocenters. The summed E-state index contributed by atoms with van der Waals surface area (Å²) >= 11 is 6.17. The van der Waals surface area contributed by atoms with E-state index in [4.69, 9.17) is 26.2 Å². The normalized spacial score (nSPS) is 19.9. The van der Waals surface area contributed by atoms with Crippen LogP contribution in [0.2, 0.25) is 23.3 Å². The number of hydrogen-bond donors (Lipinski definition) is 1. The number of piperazine rings is 1. The number of hydrogen-bond acceptors (Lipinski definition) is 8. The molecule has 240 valence electrons. The minimum absolute atomic E-state index is 0.0607. The summed E-state index contributed by atoms with van der Waals surface area (Å²) in [5.74, 6) is -1.47. The number of anilines is 1. The molecule has 3 aromatic rings. The van der Waals surface area contributed by atoms with Gasteiger partial charge in [0.1, 0.15) is 23.8 Å². The average Bonchev–Trinajstić information content (AvgIpc) is 2.93. The Bertz CT molecular complexity index is 1790. The summed E-state index contributed by atoms with van der Waals surface area (Å²) in [6.45, 7) is 10.5. The first kappa shape index (κ1) is 28.2. The van der Waals surface area contributed by atoms with Crippen molar-refractivity contribution in [1.82, 2.24) is 24.4 Å². The Hall–Kier alpha value is -3.29. The molecular weight excluding hydrogens is 607 g/mol. The summed E-state index contributed by atoms with van der Waals surface area (Å²) in [4.78, 5) is 41.9. The van der Waals surface area contributed by atoms with Gasteiger partial charge in [0, 0.05) is 37.4 Å².